The van der Waals surface area contributed by atoms with Crippen molar-refractivity contribution in [1.82, 2.24) is 34.7 Å². The Kier molecular flexibility index (Phi) is 6.55. The zero-order valence-corrected chi connectivity index (χ0v) is 21.1. The van der Waals surface area contributed by atoms with Crippen molar-refractivity contribution in [3.63, 3.8) is 0 Å². The van der Waals surface area contributed by atoms with E-state index in [4.69, 9.17) is 0 Å². The van der Waals surface area contributed by atoms with Crippen molar-refractivity contribution in [1.29, 1.82) is 0 Å². The molecule has 192 valence electrons. The fourth-order valence-corrected chi connectivity index (χ4v) is 4.70. The van der Waals surface area contributed by atoms with Gasteiger partial charge in [0, 0.05) is 43.5 Å². The van der Waals surface area contributed by atoms with E-state index in [-0.39, 0.29) is 40.7 Å². The van der Waals surface area contributed by atoms with Gasteiger partial charge >= 0.3 is 0 Å². The van der Waals surface area contributed by atoms with Crippen molar-refractivity contribution < 1.29 is 13.6 Å². The molecule has 37 heavy (non-hydrogen) atoms. The smallest absolute Gasteiger partial charge is 0.255 e. The number of benzene rings is 1. The summed E-state index contributed by atoms with van der Waals surface area (Å²) in [7, 11) is 0. The number of aryl methyl sites for hydroxylation is 1. The number of nitrogens with zero attached hydrogens (tertiary/aromatic N) is 6. The van der Waals surface area contributed by atoms with Gasteiger partial charge in [-0.3, -0.25) is 4.79 Å². The van der Waals surface area contributed by atoms with Gasteiger partial charge in [0.2, 0.25) is 5.95 Å². The maximum Gasteiger partial charge on any atom is 0.255 e. The van der Waals surface area contributed by atoms with E-state index < -0.39 is 11.6 Å². The molecule has 0 radical (unpaired) electrons. The molecule has 1 atom stereocenters. The lowest BCUT2D eigenvalue weighted by atomic mass is 10.1. The molecule has 1 aliphatic heterocycles. The lowest BCUT2D eigenvalue weighted by molar-refractivity contribution is 0.0655. The predicted molar refractivity (Wildman–Crippen MR) is 137 cm³/mol. The third-order valence-electron chi connectivity index (χ3n) is 6.47. The Balaban J connectivity index is 1.41. The molecule has 9 nitrogen and oxygen atoms in total. The number of fused-ring (bicyclic) bond motifs is 1. The van der Waals surface area contributed by atoms with Gasteiger partial charge in [-0.15, -0.1) is 0 Å². The first-order valence-electron chi connectivity index (χ1n) is 12.2. The molecule has 0 aliphatic carbocycles. The molecule has 1 saturated heterocycles. The highest BCUT2D eigenvalue weighted by Crippen LogP contribution is 2.30. The Labute approximate surface area is 213 Å². The Bertz CT molecular complexity index is 1470. The third kappa shape index (κ3) is 4.74. The molecule has 0 saturated carbocycles. The zero-order valence-electron chi connectivity index (χ0n) is 21.1. The van der Waals surface area contributed by atoms with E-state index in [1.165, 1.54) is 12.3 Å². The molecule has 4 aromatic rings. The second-order valence-electron chi connectivity index (χ2n) is 9.45. The summed E-state index contributed by atoms with van der Waals surface area (Å²) < 4.78 is 31.6. The Morgan fingerprint density at radius 3 is 2.65 bits per heavy atom. The number of rotatable bonds is 5. The second kappa shape index (κ2) is 9.81. The number of amides is 1. The average Bonchev–Trinajstić information content (AvgIpc) is 3.22. The fourth-order valence-electron chi connectivity index (χ4n) is 4.70. The normalized spacial score (nSPS) is 16.0. The van der Waals surface area contributed by atoms with Gasteiger partial charge in [0.15, 0.2) is 11.6 Å². The maximum atomic E-state index is 14.9. The topological polar surface area (TPSA) is 101 Å². The average molecular weight is 507 g/mol. The third-order valence-corrected chi connectivity index (χ3v) is 6.47. The van der Waals surface area contributed by atoms with Crippen LogP contribution < -0.4 is 10.6 Å². The van der Waals surface area contributed by atoms with Crippen LogP contribution >= 0.6 is 0 Å². The molecule has 11 heteroatoms. The molecule has 2 N–H and O–H groups in total. The van der Waals surface area contributed by atoms with Crippen LogP contribution in [0.2, 0.25) is 0 Å². The number of halogens is 2. The summed E-state index contributed by atoms with van der Waals surface area (Å²) in [5, 5.41) is 6.20. The lowest BCUT2D eigenvalue weighted by Crippen LogP contribution is -2.52. The van der Waals surface area contributed by atoms with E-state index in [2.05, 4.69) is 30.6 Å². The second-order valence-corrected chi connectivity index (χ2v) is 9.45. The monoisotopic (exact) mass is 506 g/mol. The summed E-state index contributed by atoms with van der Waals surface area (Å²) in [6, 6.07) is 6.37. The summed E-state index contributed by atoms with van der Waals surface area (Å²) in [4.78, 5) is 31.6. The molecule has 1 amide bonds. The number of nitrogens with one attached hydrogen (secondary N) is 2. The molecular formula is C26H28F2N8O. The summed E-state index contributed by atoms with van der Waals surface area (Å²) in [5.41, 5.74) is 1.49. The number of hydrogen-bond acceptors (Lipinski definition) is 7. The van der Waals surface area contributed by atoms with Gasteiger partial charge in [-0.05, 0) is 52.0 Å². The molecule has 0 unspecified atom stereocenters. The molecule has 0 spiro atoms. The quantitative estimate of drug-likeness (QED) is 0.418. The van der Waals surface area contributed by atoms with Crippen LogP contribution in [-0.2, 0) is 0 Å². The van der Waals surface area contributed by atoms with Crippen LogP contribution in [0.15, 0.2) is 36.7 Å². The largest absolute Gasteiger partial charge is 0.333 e. The molecular weight excluding hydrogens is 478 g/mol. The molecule has 1 aromatic carbocycles. The highest BCUT2D eigenvalue weighted by Gasteiger charge is 2.24. The van der Waals surface area contributed by atoms with E-state index in [9.17, 15) is 13.6 Å². The minimum atomic E-state index is -0.685. The van der Waals surface area contributed by atoms with Crippen molar-refractivity contribution in [3.8, 4) is 11.3 Å². The predicted octanol–water partition coefficient (Wildman–Crippen LogP) is 4.23. The van der Waals surface area contributed by atoms with Crippen LogP contribution in [0.3, 0.4) is 0 Å². The number of hydrogen-bond donors (Lipinski definition) is 2. The van der Waals surface area contributed by atoms with Crippen molar-refractivity contribution in [3.05, 3.63) is 59.7 Å². The highest BCUT2D eigenvalue weighted by atomic mass is 19.1. The summed E-state index contributed by atoms with van der Waals surface area (Å²) >= 11 is 0. The first-order valence-corrected chi connectivity index (χ1v) is 12.2. The summed E-state index contributed by atoms with van der Waals surface area (Å²) in [6.45, 7) is 9.89. The number of piperazine rings is 1. The van der Waals surface area contributed by atoms with Crippen molar-refractivity contribution >= 4 is 28.7 Å². The van der Waals surface area contributed by atoms with Crippen LogP contribution in [0.1, 0.15) is 43.0 Å². The van der Waals surface area contributed by atoms with Gasteiger partial charge in [0.25, 0.3) is 5.91 Å². The molecule has 3 aromatic heterocycles. The highest BCUT2D eigenvalue weighted by molar-refractivity contribution is 5.94. The van der Waals surface area contributed by atoms with E-state index >= 15 is 0 Å². The fraction of sp³-hybridized carbons (Fsp3) is 0.346. The molecule has 1 aliphatic rings. The van der Waals surface area contributed by atoms with E-state index in [0.29, 0.717) is 29.3 Å². The van der Waals surface area contributed by atoms with Gasteiger partial charge < -0.3 is 20.1 Å². The molecule has 1 fully saturated rings. The first kappa shape index (κ1) is 24.7. The van der Waals surface area contributed by atoms with Gasteiger partial charge in [0.05, 0.1) is 17.3 Å². The van der Waals surface area contributed by atoms with E-state index in [0.717, 1.165) is 19.3 Å². The molecule has 0 bridgehead atoms. The number of pyridine rings is 1. The Hall–Kier alpha value is -3.99. The van der Waals surface area contributed by atoms with E-state index in [1.807, 2.05) is 37.2 Å². The number of anilines is 2. The molecule has 5 rings (SSSR count). The Morgan fingerprint density at radius 1 is 1.14 bits per heavy atom. The Morgan fingerprint density at radius 2 is 1.95 bits per heavy atom. The van der Waals surface area contributed by atoms with Gasteiger partial charge in [0.1, 0.15) is 22.9 Å². The standard InChI is InChI=1S/C26H28F2N8O/c1-14(2)36-16(4)32-24-19(27)9-18(10-21(24)36)23-20(28)13-31-26(34-23)33-22-6-5-17(12-30-22)25(37)35-8-7-29-11-15(35)3/h5-6,9-10,12-15,29H,7-8,11H2,1-4H3,(H,30,31,33,34)/t15-/m1/s1. The van der Waals surface area contributed by atoms with Crippen molar-refractivity contribution in [2.24, 2.45) is 0 Å². The number of aromatic nitrogens is 5. The van der Waals surface area contributed by atoms with E-state index in [1.54, 1.807) is 18.2 Å². The van der Waals surface area contributed by atoms with Crippen LogP contribution in [-0.4, -0.2) is 61.0 Å². The summed E-state index contributed by atoms with van der Waals surface area (Å²) in [5.74, 6) is -0.170. The zero-order chi connectivity index (χ0) is 26.3. The van der Waals surface area contributed by atoms with Gasteiger partial charge in [-0.1, -0.05) is 0 Å². The SMILES string of the molecule is Cc1nc2c(F)cc(-c3nc(Nc4ccc(C(=O)N5CCNC[C@H]5C)cn4)ncc3F)cc2n1C(C)C. The van der Waals surface area contributed by atoms with Gasteiger partial charge in [-0.25, -0.2) is 28.7 Å². The van der Waals surface area contributed by atoms with Crippen molar-refractivity contribution in [2.75, 3.05) is 25.0 Å². The summed E-state index contributed by atoms with van der Waals surface area (Å²) in [6.07, 6.45) is 2.52. The van der Waals surface area contributed by atoms with Crippen LogP contribution in [0.5, 0.6) is 0 Å². The number of carbonyl (C=O) groups is 1. The number of carbonyl (C=O) groups excluding carboxylic acids is 1. The van der Waals surface area contributed by atoms with Gasteiger partial charge in [-0.2, -0.15) is 0 Å². The number of imidazole rings is 1. The van der Waals surface area contributed by atoms with Crippen LogP contribution in [0.4, 0.5) is 20.5 Å². The van der Waals surface area contributed by atoms with Crippen molar-refractivity contribution in [2.45, 2.75) is 39.8 Å². The maximum absolute atomic E-state index is 14.9. The minimum Gasteiger partial charge on any atom is -0.333 e. The minimum absolute atomic E-state index is 0.0443. The van der Waals surface area contributed by atoms with Crippen LogP contribution in [0, 0.1) is 18.6 Å². The molecule has 4 heterocycles. The van der Waals surface area contributed by atoms with Crippen LogP contribution in [0.25, 0.3) is 22.3 Å². The first-order chi connectivity index (χ1) is 17.7. The lowest BCUT2D eigenvalue weighted by Gasteiger charge is -2.33.